The van der Waals surface area contributed by atoms with Crippen LogP contribution in [-0.4, -0.2) is 44.9 Å². The van der Waals surface area contributed by atoms with E-state index in [1.165, 1.54) is 6.07 Å². The number of hydrogen-bond donors (Lipinski definition) is 4. The van der Waals surface area contributed by atoms with Gasteiger partial charge in [0.05, 0.1) is 28.3 Å². The smallest absolute Gasteiger partial charge is 0.250 e. The molecule has 0 fully saturated rings. The van der Waals surface area contributed by atoms with Crippen LogP contribution >= 0.6 is 0 Å². The van der Waals surface area contributed by atoms with Gasteiger partial charge in [-0.3, -0.25) is 4.90 Å². The summed E-state index contributed by atoms with van der Waals surface area (Å²) < 4.78 is 27.8. The van der Waals surface area contributed by atoms with Crippen LogP contribution in [0.3, 0.4) is 0 Å². The monoisotopic (exact) mass is 580 g/mol. The zero-order chi connectivity index (χ0) is 29.9. The van der Waals surface area contributed by atoms with Gasteiger partial charge in [0.1, 0.15) is 17.4 Å². The van der Waals surface area contributed by atoms with Crippen molar-refractivity contribution in [2.75, 3.05) is 42.7 Å². The zero-order valence-electron chi connectivity index (χ0n) is 25.6. The summed E-state index contributed by atoms with van der Waals surface area (Å²) in [6.07, 6.45) is 1.17. The van der Waals surface area contributed by atoms with Crippen molar-refractivity contribution in [1.82, 2.24) is 9.88 Å². The Morgan fingerprint density at radius 3 is 2.54 bits per heavy atom. The minimum Gasteiger partial charge on any atom is -0.543 e. The number of methoxy groups -OCH3 is 1. The first-order valence-electron chi connectivity index (χ1n) is 14.2. The molecule has 1 atom stereocenters. The van der Waals surface area contributed by atoms with Gasteiger partial charge < -0.3 is 30.8 Å². The molecule has 2 aromatic carbocycles. The quantitative estimate of drug-likeness (QED) is 0.186. The van der Waals surface area contributed by atoms with Crippen LogP contribution in [0, 0.1) is 12.7 Å². The zero-order valence-corrected chi connectivity index (χ0v) is 26.6. The van der Waals surface area contributed by atoms with Gasteiger partial charge in [-0.25, -0.2) is 9.37 Å². The predicted octanol–water partition coefficient (Wildman–Crippen LogP) is 7.25. The first-order chi connectivity index (χ1) is 19.4. The van der Waals surface area contributed by atoms with Crippen LogP contribution in [-0.2, 0) is 11.3 Å². The Bertz CT molecular complexity index is 1380. The van der Waals surface area contributed by atoms with E-state index in [9.17, 15) is 0 Å². The molecule has 1 aliphatic heterocycles. The van der Waals surface area contributed by atoms with Crippen LogP contribution < -0.4 is 26.1 Å². The molecule has 10 heteroatoms. The molecule has 1 aromatic heterocycles. The summed E-state index contributed by atoms with van der Waals surface area (Å²) in [5.41, 5.74) is 11.3. The summed E-state index contributed by atoms with van der Waals surface area (Å²) in [7, 11) is -0.481. The van der Waals surface area contributed by atoms with Crippen LogP contribution in [0.15, 0.2) is 42.6 Å². The number of nitrogens with one attached hydrogen (secondary N) is 3. The number of rotatable bonds is 10. The molecular formula is C31H45FN6O2Si. The molecule has 0 aliphatic carbocycles. The summed E-state index contributed by atoms with van der Waals surface area (Å²) >= 11 is 0. The maximum absolute atomic E-state index is 15.3. The molecule has 0 radical (unpaired) electrons. The molecule has 0 spiro atoms. The maximum Gasteiger partial charge on any atom is 0.250 e. The molecule has 0 bridgehead atoms. The molecule has 0 saturated carbocycles. The van der Waals surface area contributed by atoms with Crippen molar-refractivity contribution in [2.24, 2.45) is 5.73 Å². The van der Waals surface area contributed by atoms with E-state index >= 15 is 4.39 Å². The Morgan fingerprint density at radius 2 is 1.88 bits per heavy atom. The maximum atomic E-state index is 15.3. The number of hydrogen-bond acceptors (Lipinski definition) is 8. The van der Waals surface area contributed by atoms with E-state index in [0.29, 0.717) is 29.5 Å². The largest absolute Gasteiger partial charge is 0.543 e. The van der Waals surface area contributed by atoms with Crippen molar-refractivity contribution in [3.63, 3.8) is 0 Å². The van der Waals surface area contributed by atoms with E-state index in [-0.39, 0.29) is 10.9 Å². The molecular weight excluding hydrogens is 535 g/mol. The van der Waals surface area contributed by atoms with Gasteiger partial charge in [0.15, 0.2) is 6.23 Å². The predicted molar refractivity (Wildman–Crippen MR) is 170 cm³/mol. The highest BCUT2D eigenvalue weighted by Gasteiger charge is 2.39. The fraction of sp³-hybridized carbons (Fsp3) is 0.452. The van der Waals surface area contributed by atoms with E-state index in [4.69, 9.17) is 14.9 Å². The van der Waals surface area contributed by atoms with Crippen LogP contribution in [0.5, 0.6) is 5.75 Å². The summed E-state index contributed by atoms with van der Waals surface area (Å²) in [5, 5.41) is 10.3. The number of ether oxygens (including phenoxy) is 1. The fourth-order valence-corrected chi connectivity index (χ4v) is 5.68. The number of likely N-dealkylation sites (N-methyl/N-ethyl adjacent to an activating group) is 1. The van der Waals surface area contributed by atoms with E-state index in [0.717, 1.165) is 47.7 Å². The van der Waals surface area contributed by atoms with Gasteiger partial charge in [0.2, 0.25) is 8.32 Å². The van der Waals surface area contributed by atoms with Gasteiger partial charge in [0, 0.05) is 39.0 Å². The fourth-order valence-electron chi connectivity index (χ4n) is 4.60. The Balaban J connectivity index is 1.66. The summed E-state index contributed by atoms with van der Waals surface area (Å²) in [6, 6.07) is 11.4. The highest BCUT2D eigenvalue weighted by molar-refractivity contribution is 6.74. The van der Waals surface area contributed by atoms with Crippen molar-refractivity contribution in [3.05, 3.63) is 65.1 Å². The minimum atomic E-state index is -2.12. The minimum absolute atomic E-state index is 0.0149. The summed E-state index contributed by atoms with van der Waals surface area (Å²) in [5.74, 6) is 0.963. The molecule has 2 heterocycles. The van der Waals surface area contributed by atoms with Crippen LogP contribution in [0.25, 0.3) is 0 Å². The number of anilines is 5. The number of pyridine rings is 1. The molecule has 1 aliphatic rings. The molecule has 222 valence electrons. The third kappa shape index (κ3) is 6.83. The standard InChI is InChI=1S/C31H45FN6O2Si/c1-9-38(15-13-33)19-21-10-11-23-26(17-21)37-30(39-6)28-24(12-14-34-29(28)36-23)35-25-18-27(20(2)16-22(25)32)40-41(7,8)31(3,4)5/h10-12,14,16-18,30,37H,9,13,15,19,33H2,1-8H3,(H2,34,35,36). The number of fused-ring (bicyclic) bond motifs is 2. The first kappa shape index (κ1) is 30.8. The Morgan fingerprint density at radius 1 is 1.12 bits per heavy atom. The second kappa shape index (κ2) is 12.4. The normalized spacial score (nSPS) is 15.0. The number of nitrogens with zero attached hydrogens (tertiary/aromatic N) is 2. The number of nitrogens with two attached hydrogens (primary N) is 1. The van der Waals surface area contributed by atoms with E-state index < -0.39 is 14.5 Å². The Hall–Kier alpha value is -3.18. The topological polar surface area (TPSA) is 96.7 Å². The third-order valence-corrected chi connectivity index (χ3v) is 12.5. The molecule has 0 amide bonds. The lowest BCUT2D eigenvalue weighted by Gasteiger charge is -2.37. The first-order valence-corrected chi connectivity index (χ1v) is 17.1. The average molecular weight is 581 g/mol. The van der Waals surface area contributed by atoms with Crippen LogP contribution in [0.2, 0.25) is 18.1 Å². The Kier molecular flexibility index (Phi) is 9.28. The number of halogens is 1. The third-order valence-electron chi connectivity index (χ3n) is 8.12. The van der Waals surface area contributed by atoms with Crippen molar-refractivity contribution in [1.29, 1.82) is 0 Å². The molecule has 0 saturated heterocycles. The van der Waals surface area contributed by atoms with E-state index in [1.807, 2.05) is 19.1 Å². The average Bonchev–Trinajstić information content (AvgIpc) is 3.07. The van der Waals surface area contributed by atoms with Crippen LogP contribution in [0.1, 0.15) is 50.6 Å². The second-order valence-electron chi connectivity index (χ2n) is 12.1. The van der Waals surface area contributed by atoms with Gasteiger partial charge in [-0.05, 0) is 67.0 Å². The van der Waals surface area contributed by atoms with Gasteiger partial charge >= 0.3 is 0 Å². The summed E-state index contributed by atoms with van der Waals surface area (Å²) in [6.45, 7) is 18.1. The molecule has 3 aromatic rings. The lowest BCUT2D eigenvalue weighted by molar-refractivity contribution is 0.128. The molecule has 1 unspecified atom stereocenters. The number of aromatic nitrogens is 1. The number of benzene rings is 2. The van der Waals surface area contributed by atoms with Crippen molar-refractivity contribution in [2.45, 2.75) is 65.5 Å². The molecule has 8 nitrogen and oxygen atoms in total. The van der Waals surface area contributed by atoms with E-state index in [1.54, 1.807) is 19.4 Å². The highest BCUT2D eigenvalue weighted by Crippen LogP contribution is 2.43. The Labute approximate surface area is 245 Å². The van der Waals surface area contributed by atoms with E-state index in [2.05, 4.69) is 78.8 Å². The lowest BCUT2D eigenvalue weighted by Crippen LogP contribution is -2.44. The van der Waals surface area contributed by atoms with Crippen LogP contribution in [0.4, 0.5) is 33.0 Å². The second-order valence-corrected chi connectivity index (χ2v) is 16.9. The SMILES string of the molecule is CCN(CCN)Cc1ccc2c(c1)NC(OC)c1c(Nc3cc(O[Si](C)(C)C(C)(C)C)c(C)cc3F)ccnc1N2. The van der Waals surface area contributed by atoms with Crippen molar-refractivity contribution >= 4 is 36.9 Å². The number of aryl methyl sites for hydroxylation is 1. The van der Waals surface area contributed by atoms with Gasteiger partial charge in [0.25, 0.3) is 0 Å². The van der Waals surface area contributed by atoms with Gasteiger partial charge in [-0.15, -0.1) is 0 Å². The molecule has 4 rings (SSSR count). The highest BCUT2D eigenvalue weighted by atomic mass is 28.4. The molecule has 5 N–H and O–H groups in total. The molecule has 41 heavy (non-hydrogen) atoms. The van der Waals surface area contributed by atoms with Gasteiger partial charge in [-0.2, -0.15) is 0 Å². The van der Waals surface area contributed by atoms with Gasteiger partial charge in [-0.1, -0.05) is 33.8 Å². The lowest BCUT2D eigenvalue weighted by atomic mass is 10.1. The summed E-state index contributed by atoms with van der Waals surface area (Å²) in [4.78, 5) is 6.91. The van der Waals surface area contributed by atoms with Crippen molar-refractivity contribution in [3.8, 4) is 5.75 Å². The van der Waals surface area contributed by atoms with Crippen molar-refractivity contribution < 1.29 is 13.6 Å².